The number of fused-ring (bicyclic) bond motifs is 1. The lowest BCUT2D eigenvalue weighted by Gasteiger charge is -2.22. The van der Waals surface area contributed by atoms with E-state index in [1.54, 1.807) is 14.2 Å². The fourth-order valence-corrected chi connectivity index (χ4v) is 3.32. The van der Waals surface area contributed by atoms with Crippen LogP contribution in [-0.4, -0.2) is 41.9 Å². The molecule has 0 saturated heterocycles. The number of hydrogen-bond acceptors (Lipinski definition) is 5. The molecule has 0 aliphatic heterocycles. The van der Waals surface area contributed by atoms with Crippen molar-refractivity contribution in [1.29, 1.82) is 0 Å². The van der Waals surface area contributed by atoms with Gasteiger partial charge in [0.1, 0.15) is 17.3 Å². The number of rotatable bonds is 6. The van der Waals surface area contributed by atoms with Crippen molar-refractivity contribution in [2.24, 2.45) is 0 Å². The van der Waals surface area contributed by atoms with Crippen molar-refractivity contribution >= 4 is 11.5 Å². The van der Waals surface area contributed by atoms with E-state index in [-0.39, 0.29) is 0 Å². The number of anilines is 1. The predicted octanol–water partition coefficient (Wildman–Crippen LogP) is 3.88. The molecule has 3 rings (SSSR count). The SMILES string of the molecule is CCN(CC)c1cc(C)nc2c(-c3ccc(O[11CH3])cc3OC)c(C)nn12. The second kappa shape index (κ2) is 7.23. The van der Waals surface area contributed by atoms with Crippen molar-refractivity contribution in [2.45, 2.75) is 27.7 Å². The molecule has 0 bridgehead atoms. The van der Waals surface area contributed by atoms with E-state index < -0.39 is 0 Å². The van der Waals surface area contributed by atoms with Gasteiger partial charge in [-0.1, -0.05) is 0 Å². The lowest BCUT2D eigenvalue weighted by atomic mass is 10.0. The topological polar surface area (TPSA) is 51.9 Å². The molecule has 6 nitrogen and oxygen atoms in total. The van der Waals surface area contributed by atoms with Crippen LogP contribution in [-0.2, 0) is 0 Å². The third-order valence-electron chi connectivity index (χ3n) is 4.64. The lowest BCUT2D eigenvalue weighted by molar-refractivity contribution is 0.395. The Bertz CT molecular complexity index is 929. The van der Waals surface area contributed by atoms with Crippen molar-refractivity contribution in [3.63, 3.8) is 0 Å². The standard InChI is InChI=1S/C20H26N4O2/c1-7-23(8-2)18-11-13(3)21-20-19(14(4)22-24(18)20)16-10-9-15(25-5)12-17(16)26-6/h9-12H,7-8H2,1-6H3/i5-1. The first kappa shape index (κ1) is 18.0. The minimum atomic E-state index is 0.745. The summed E-state index contributed by atoms with van der Waals surface area (Å²) < 4.78 is 12.9. The van der Waals surface area contributed by atoms with E-state index in [1.165, 1.54) is 0 Å². The highest BCUT2D eigenvalue weighted by Crippen LogP contribution is 2.38. The van der Waals surface area contributed by atoms with Crippen molar-refractivity contribution in [2.75, 3.05) is 32.2 Å². The third kappa shape index (κ3) is 2.96. The zero-order valence-electron chi connectivity index (χ0n) is 16.3. The number of aryl methyl sites for hydroxylation is 2. The molecule has 0 fully saturated rings. The molecule has 0 radical (unpaired) electrons. The Kier molecular flexibility index (Phi) is 5.02. The maximum Gasteiger partial charge on any atom is 0.165 e. The van der Waals surface area contributed by atoms with Gasteiger partial charge in [-0.25, -0.2) is 4.98 Å². The summed E-state index contributed by atoms with van der Waals surface area (Å²) in [6, 6.07) is 7.91. The Morgan fingerprint density at radius 2 is 1.77 bits per heavy atom. The van der Waals surface area contributed by atoms with Crippen LogP contribution in [0.3, 0.4) is 0 Å². The van der Waals surface area contributed by atoms with Crippen LogP contribution in [0.5, 0.6) is 11.5 Å². The summed E-state index contributed by atoms with van der Waals surface area (Å²) >= 11 is 0. The number of methoxy groups -OCH3 is 2. The van der Waals surface area contributed by atoms with Crippen molar-refractivity contribution in [3.8, 4) is 22.6 Å². The van der Waals surface area contributed by atoms with E-state index >= 15 is 0 Å². The second-order valence-electron chi connectivity index (χ2n) is 6.19. The summed E-state index contributed by atoms with van der Waals surface area (Å²) in [6.07, 6.45) is 0. The summed E-state index contributed by atoms with van der Waals surface area (Å²) in [7, 11) is 3.32. The maximum atomic E-state index is 5.61. The van der Waals surface area contributed by atoms with Crippen molar-refractivity contribution in [1.82, 2.24) is 14.6 Å². The van der Waals surface area contributed by atoms with Gasteiger partial charge in [0.15, 0.2) is 5.65 Å². The molecular formula is C20H26N4O2. The molecule has 6 heteroatoms. The Balaban J connectivity index is 2.30. The molecule has 138 valence electrons. The van der Waals surface area contributed by atoms with E-state index in [2.05, 4.69) is 24.8 Å². The molecule has 0 amide bonds. The van der Waals surface area contributed by atoms with E-state index in [4.69, 9.17) is 19.6 Å². The van der Waals surface area contributed by atoms with Crippen LogP contribution >= 0.6 is 0 Å². The van der Waals surface area contributed by atoms with Crippen LogP contribution in [0.15, 0.2) is 24.3 Å². The molecule has 26 heavy (non-hydrogen) atoms. The lowest BCUT2D eigenvalue weighted by Crippen LogP contribution is -2.25. The van der Waals surface area contributed by atoms with E-state index in [1.807, 2.05) is 36.6 Å². The average molecular weight is 353 g/mol. The summed E-state index contributed by atoms with van der Waals surface area (Å²) in [4.78, 5) is 7.07. The molecule has 1 aromatic carbocycles. The molecule has 0 unspecified atom stereocenters. The largest absolute Gasteiger partial charge is 0.497 e. The van der Waals surface area contributed by atoms with Gasteiger partial charge in [-0.2, -0.15) is 9.61 Å². The molecule has 0 aliphatic rings. The number of nitrogens with zero attached hydrogens (tertiary/aromatic N) is 4. The van der Waals surface area contributed by atoms with Gasteiger partial charge in [-0.15, -0.1) is 0 Å². The molecule has 3 aromatic rings. The first-order valence-corrected chi connectivity index (χ1v) is 8.88. The summed E-state index contributed by atoms with van der Waals surface area (Å²) in [5.74, 6) is 2.56. The molecular weight excluding hydrogens is 327 g/mol. The van der Waals surface area contributed by atoms with Gasteiger partial charge >= 0.3 is 0 Å². The van der Waals surface area contributed by atoms with Gasteiger partial charge in [0.2, 0.25) is 0 Å². The minimum absolute atomic E-state index is 0.745. The third-order valence-corrected chi connectivity index (χ3v) is 4.64. The number of benzene rings is 1. The van der Waals surface area contributed by atoms with Crippen LogP contribution in [0, 0.1) is 13.8 Å². The Labute approximate surface area is 154 Å². The van der Waals surface area contributed by atoms with Gasteiger partial charge in [-0.3, -0.25) is 0 Å². The monoisotopic (exact) mass is 353 g/mol. The van der Waals surface area contributed by atoms with Crippen molar-refractivity contribution in [3.05, 3.63) is 35.7 Å². The molecule has 0 N–H and O–H groups in total. The van der Waals surface area contributed by atoms with Crippen LogP contribution in [0.4, 0.5) is 5.82 Å². The normalized spacial score (nSPS) is 11.0. The van der Waals surface area contributed by atoms with Crippen LogP contribution in [0.2, 0.25) is 0 Å². The molecule has 0 saturated carbocycles. The highest BCUT2D eigenvalue weighted by molar-refractivity contribution is 5.85. The summed E-state index contributed by atoms with van der Waals surface area (Å²) in [5, 5.41) is 4.79. The summed E-state index contributed by atoms with van der Waals surface area (Å²) in [6.45, 7) is 10.1. The fourth-order valence-electron chi connectivity index (χ4n) is 3.32. The van der Waals surface area contributed by atoms with Gasteiger partial charge in [0.25, 0.3) is 0 Å². The van der Waals surface area contributed by atoms with Crippen LogP contribution in [0.1, 0.15) is 25.2 Å². The fraction of sp³-hybridized carbons (Fsp3) is 0.400. The van der Waals surface area contributed by atoms with Gasteiger partial charge in [-0.05, 0) is 39.8 Å². The molecule has 2 aromatic heterocycles. The maximum absolute atomic E-state index is 5.61. The van der Waals surface area contributed by atoms with E-state index in [0.29, 0.717) is 0 Å². The Morgan fingerprint density at radius 3 is 2.38 bits per heavy atom. The zero-order chi connectivity index (χ0) is 18.8. The summed E-state index contributed by atoms with van der Waals surface area (Å²) in [5.41, 5.74) is 4.67. The quantitative estimate of drug-likeness (QED) is 0.673. The number of hydrogen-bond donors (Lipinski definition) is 0. The molecule has 2 heterocycles. The van der Waals surface area contributed by atoms with Crippen molar-refractivity contribution < 1.29 is 9.47 Å². The predicted molar refractivity (Wildman–Crippen MR) is 105 cm³/mol. The Hall–Kier alpha value is -2.76. The smallest absolute Gasteiger partial charge is 0.165 e. The first-order chi connectivity index (χ1) is 12.5. The van der Waals surface area contributed by atoms with Gasteiger partial charge < -0.3 is 14.4 Å². The van der Waals surface area contributed by atoms with Crippen LogP contribution < -0.4 is 14.4 Å². The Morgan fingerprint density at radius 1 is 1.04 bits per heavy atom. The highest BCUT2D eigenvalue weighted by atomic mass is 16.5. The average Bonchev–Trinajstić information content (AvgIpc) is 2.97. The van der Waals surface area contributed by atoms with Crippen LogP contribution in [0.25, 0.3) is 16.8 Å². The highest BCUT2D eigenvalue weighted by Gasteiger charge is 2.20. The first-order valence-electron chi connectivity index (χ1n) is 8.88. The number of aromatic nitrogens is 3. The molecule has 0 atom stereocenters. The van der Waals surface area contributed by atoms with Gasteiger partial charge in [0, 0.05) is 36.5 Å². The molecule has 0 aliphatic carbocycles. The van der Waals surface area contributed by atoms with E-state index in [0.717, 1.165) is 58.6 Å². The van der Waals surface area contributed by atoms with Gasteiger partial charge in [0.05, 0.1) is 25.5 Å². The second-order valence-corrected chi connectivity index (χ2v) is 6.19. The number of ether oxygens (including phenoxy) is 2. The molecule has 0 spiro atoms. The zero-order valence-corrected chi connectivity index (χ0v) is 16.3. The minimum Gasteiger partial charge on any atom is -0.497 e. The van der Waals surface area contributed by atoms with E-state index in [9.17, 15) is 0 Å².